The topological polar surface area (TPSA) is 76.7 Å². The molecule has 1 aliphatic rings. The van der Waals surface area contributed by atoms with E-state index in [9.17, 15) is 4.79 Å². The van der Waals surface area contributed by atoms with E-state index in [0.717, 1.165) is 64.6 Å². The summed E-state index contributed by atoms with van der Waals surface area (Å²) in [5, 5.41) is 1.68. The summed E-state index contributed by atoms with van der Waals surface area (Å²) in [6, 6.07) is 20.3. The van der Waals surface area contributed by atoms with Crippen molar-refractivity contribution in [3.05, 3.63) is 87.2 Å². The van der Waals surface area contributed by atoms with Crippen LogP contribution in [0.15, 0.2) is 65.5 Å². The number of aromatic nitrogens is 3. The highest BCUT2D eigenvalue weighted by Crippen LogP contribution is 2.40. The second-order valence-electron chi connectivity index (χ2n) is 9.30. The summed E-state index contributed by atoms with van der Waals surface area (Å²) in [7, 11) is 0. The fourth-order valence-electron chi connectivity index (χ4n) is 5.42. The van der Waals surface area contributed by atoms with E-state index in [1.807, 2.05) is 36.4 Å². The summed E-state index contributed by atoms with van der Waals surface area (Å²) >= 11 is 6.22. The van der Waals surface area contributed by atoms with Crippen LogP contribution in [0.5, 0.6) is 0 Å². The number of nitrogens with one attached hydrogen (secondary N) is 1. The van der Waals surface area contributed by atoms with E-state index in [1.165, 1.54) is 24.0 Å². The lowest BCUT2D eigenvalue weighted by atomic mass is 9.91. The first-order valence-corrected chi connectivity index (χ1v) is 12.7. The second-order valence-corrected chi connectivity index (χ2v) is 9.74. The van der Waals surface area contributed by atoms with Crippen molar-refractivity contribution in [2.75, 3.05) is 6.54 Å². The van der Waals surface area contributed by atoms with Gasteiger partial charge in [-0.15, -0.1) is 0 Å². The van der Waals surface area contributed by atoms with Crippen LogP contribution in [-0.2, 0) is 19.4 Å². The van der Waals surface area contributed by atoms with Crippen molar-refractivity contribution in [3.8, 4) is 22.5 Å². The first-order valence-electron chi connectivity index (χ1n) is 12.3. The average Bonchev–Trinajstić information content (AvgIpc) is 3.20. The van der Waals surface area contributed by atoms with Gasteiger partial charge >= 0.3 is 0 Å². The molecule has 0 unspecified atom stereocenters. The number of hydrogen-bond acceptors (Lipinski definition) is 3. The molecule has 6 heteroatoms. The minimum absolute atomic E-state index is 0.176. The Bertz CT molecular complexity index is 1610. The van der Waals surface area contributed by atoms with Crippen molar-refractivity contribution in [2.24, 2.45) is 5.73 Å². The van der Waals surface area contributed by atoms with Crippen LogP contribution >= 0.6 is 11.6 Å². The Kier molecular flexibility index (Phi) is 5.67. The molecule has 1 aliphatic carbocycles. The van der Waals surface area contributed by atoms with Gasteiger partial charge in [-0.1, -0.05) is 41.9 Å². The molecule has 0 spiro atoms. The molecule has 0 aliphatic heterocycles. The van der Waals surface area contributed by atoms with Crippen LogP contribution in [0.2, 0.25) is 5.02 Å². The number of rotatable bonds is 5. The standard InChI is InChI=1S/C29H27ClN4O/c30-21-12-10-18(11-13-21)28-26(22-8-3-4-9-25(22)34(28)15-5-14-31)27-29(35)33-24-17-20-7-2-1-6-19(20)16-23(24)32-27/h3-4,8-13,16-17H,1-2,5-7,14-15,31H2,(H,33,35). The molecule has 0 amide bonds. The predicted octanol–water partition coefficient (Wildman–Crippen LogP) is 6.09. The average molecular weight is 483 g/mol. The van der Waals surface area contributed by atoms with E-state index in [2.05, 4.69) is 33.8 Å². The smallest absolute Gasteiger partial charge is 0.275 e. The highest BCUT2D eigenvalue weighted by molar-refractivity contribution is 6.30. The van der Waals surface area contributed by atoms with Crippen molar-refractivity contribution in [1.29, 1.82) is 0 Å². The molecular formula is C29H27ClN4O. The van der Waals surface area contributed by atoms with Gasteiger partial charge in [0.15, 0.2) is 0 Å². The predicted molar refractivity (Wildman–Crippen MR) is 144 cm³/mol. The fraction of sp³-hybridized carbons (Fsp3) is 0.241. The summed E-state index contributed by atoms with van der Waals surface area (Å²) in [5.74, 6) is 0. The molecule has 5 aromatic rings. The number of fused-ring (bicyclic) bond motifs is 3. The number of nitrogens with two attached hydrogens (primary N) is 1. The zero-order valence-corrected chi connectivity index (χ0v) is 20.2. The third kappa shape index (κ3) is 3.85. The lowest BCUT2D eigenvalue weighted by Gasteiger charge is -2.16. The Morgan fingerprint density at radius 3 is 2.51 bits per heavy atom. The summed E-state index contributed by atoms with van der Waals surface area (Å²) in [6.07, 6.45) is 5.34. The Morgan fingerprint density at radius 1 is 1.00 bits per heavy atom. The van der Waals surface area contributed by atoms with Crippen LogP contribution < -0.4 is 11.3 Å². The maximum Gasteiger partial charge on any atom is 0.275 e. The van der Waals surface area contributed by atoms with Gasteiger partial charge in [-0.25, -0.2) is 4.98 Å². The molecule has 35 heavy (non-hydrogen) atoms. The first kappa shape index (κ1) is 22.1. The number of H-pyrrole nitrogens is 1. The lowest BCUT2D eigenvalue weighted by Crippen LogP contribution is -2.13. The van der Waals surface area contributed by atoms with Crippen LogP contribution in [0.4, 0.5) is 0 Å². The molecule has 6 rings (SSSR count). The minimum Gasteiger partial charge on any atom is -0.340 e. The van der Waals surface area contributed by atoms with E-state index < -0.39 is 0 Å². The highest BCUT2D eigenvalue weighted by atomic mass is 35.5. The number of para-hydroxylation sites is 1. The van der Waals surface area contributed by atoms with Gasteiger partial charge in [-0.3, -0.25) is 4.79 Å². The Labute approximate surface area is 208 Å². The first-order chi connectivity index (χ1) is 17.1. The van der Waals surface area contributed by atoms with Gasteiger partial charge in [0.2, 0.25) is 0 Å². The van der Waals surface area contributed by atoms with Crippen LogP contribution in [0, 0.1) is 0 Å². The molecule has 0 bridgehead atoms. The fourth-order valence-corrected chi connectivity index (χ4v) is 5.55. The van der Waals surface area contributed by atoms with E-state index >= 15 is 0 Å². The van der Waals surface area contributed by atoms with E-state index in [-0.39, 0.29) is 5.56 Å². The van der Waals surface area contributed by atoms with Crippen LogP contribution in [0.1, 0.15) is 30.4 Å². The quantitative estimate of drug-likeness (QED) is 0.318. The van der Waals surface area contributed by atoms with Crippen molar-refractivity contribution in [1.82, 2.24) is 14.5 Å². The summed E-state index contributed by atoms with van der Waals surface area (Å²) in [5.41, 5.74) is 14.3. The van der Waals surface area contributed by atoms with Crippen molar-refractivity contribution >= 4 is 33.5 Å². The molecule has 3 aromatic carbocycles. The summed E-state index contributed by atoms with van der Waals surface area (Å²) in [6.45, 7) is 1.33. The Hall–Kier alpha value is -3.41. The van der Waals surface area contributed by atoms with Gasteiger partial charge in [0, 0.05) is 28.0 Å². The molecule has 0 atom stereocenters. The van der Waals surface area contributed by atoms with E-state index in [4.69, 9.17) is 22.3 Å². The normalized spacial score (nSPS) is 13.4. The van der Waals surface area contributed by atoms with Crippen LogP contribution in [-0.4, -0.2) is 21.1 Å². The van der Waals surface area contributed by atoms with Crippen LogP contribution in [0.3, 0.4) is 0 Å². The molecular weight excluding hydrogens is 456 g/mol. The molecule has 0 fully saturated rings. The molecule has 5 nitrogen and oxygen atoms in total. The second kappa shape index (κ2) is 8.99. The molecule has 176 valence electrons. The van der Waals surface area contributed by atoms with E-state index in [0.29, 0.717) is 17.3 Å². The van der Waals surface area contributed by atoms with Gasteiger partial charge in [0.1, 0.15) is 5.69 Å². The van der Waals surface area contributed by atoms with E-state index in [1.54, 1.807) is 0 Å². The molecule has 3 N–H and O–H groups in total. The Balaban J connectivity index is 1.67. The van der Waals surface area contributed by atoms with Gasteiger partial charge < -0.3 is 15.3 Å². The van der Waals surface area contributed by atoms with Gasteiger partial charge in [-0.2, -0.15) is 0 Å². The van der Waals surface area contributed by atoms with Gasteiger partial charge in [0.05, 0.1) is 16.7 Å². The van der Waals surface area contributed by atoms with Gasteiger partial charge in [-0.05, 0) is 85.7 Å². The number of hydrogen-bond donors (Lipinski definition) is 2. The Morgan fingerprint density at radius 2 is 1.74 bits per heavy atom. The van der Waals surface area contributed by atoms with Crippen molar-refractivity contribution in [3.63, 3.8) is 0 Å². The van der Waals surface area contributed by atoms with Crippen molar-refractivity contribution < 1.29 is 0 Å². The summed E-state index contributed by atoms with van der Waals surface area (Å²) in [4.78, 5) is 21.7. The lowest BCUT2D eigenvalue weighted by molar-refractivity contribution is 0.676. The monoisotopic (exact) mass is 482 g/mol. The number of nitrogens with zero attached hydrogens (tertiary/aromatic N) is 2. The zero-order valence-electron chi connectivity index (χ0n) is 19.5. The van der Waals surface area contributed by atoms with Gasteiger partial charge in [0.25, 0.3) is 5.56 Å². The molecule has 0 radical (unpaired) electrons. The highest BCUT2D eigenvalue weighted by Gasteiger charge is 2.23. The third-order valence-electron chi connectivity index (χ3n) is 7.07. The summed E-state index contributed by atoms with van der Waals surface area (Å²) < 4.78 is 2.26. The molecule has 2 heterocycles. The third-order valence-corrected chi connectivity index (χ3v) is 7.32. The number of benzene rings is 3. The zero-order chi connectivity index (χ0) is 23.9. The maximum absolute atomic E-state index is 13.5. The number of aromatic amines is 1. The minimum atomic E-state index is -0.176. The van der Waals surface area contributed by atoms with Crippen molar-refractivity contribution in [2.45, 2.75) is 38.6 Å². The maximum atomic E-state index is 13.5. The SMILES string of the molecule is NCCCn1c(-c2ccc(Cl)cc2)c(-c2nc3cc4c(cc3[nH]c2=O)CCCC4)c2ccccc21. The molecule has 0 saturated heterocycles. The number of aryl methyl sites for hydroxylation is 3. The largest absolute Gasteiger partial charge is 0.340 e. The molecule has 0 saturated carbocycles. The van der Waals surface area contributed by atoms with Crippen LogP contribution in [0.25, 0.3) is 44.5 Å². The number of halogens is 1. The molecule has 2 aromatic heterocycles.